The molecule has 0 aliphatic rings. The van der Waals surface area contributed by atoms with Gasteiger partial charge in [-0.1, -0.05) is 22.9 Å². The Morgan fingerprint density at radius 3 is 2.46 bits per heavy atom. The molecule has 0 bridgehead atoms. The van der Waals surface area contributed by atoms with Gasteiger partial charge in [0.2, 0.25) is 17.6 Å². The third-order valence-electron chi connectivity index (χ3n) is 5.27. The second-order valence-electron chi connectivity index (χ2n) is 7.72. The fourth-order valence-corrected chi connectivity index (χ4v) is 3.36. The fraction of sp³-hybridized carbons (Fsp3) is 0.250. The normalized spacial score (nSPS) is 10.8. The Kier molecular flexibility index (Phi) is 6.86. The molecule has 0 atom stereocenters. The van der Waals surface area contributed by atoms with E-state index in [2.05, 4.69) is 20.6 Å². The zero-order valence-electron chi connectivity index (χ0n) is 19.5. The number of anilines is 1. The van der Waals surface area contributed by atoms with Crippen LogP contribution in [-0.2, 0) is 17.8 Å². The highest BCUT2D eigenvalue weighted by Gasteiger charge is 2.20. The summed E-state index contributed by atoms with van der Waals surface area (Å²) >= 11 is 0. The first-order chi connectivity index (χ1) is 16.9. The number of carbonyl (C=O) groups is 1. The number of benzene rings is 2. The summed E-state index contributed by atoms with van der Waals surface area (Å²) in [5, 5.41) is 10.9. The van der Waals surface area contributed by atoms with Crippen LogP contribution in [0.1, 0.15) is 24.8 Å². The predicted molar refractivity (Wildman–Crippen MR) is 128 cm³/mol. The van der Waals surface area contributed by atoms with Gasteiger partial charge in [0.05, 0.1) is 12.8 Å². The van der Waals surface area contributed by atoms with E-state index in [1.54, 1.807) is 50.4 Å². The van der Waals surface area contributed by atoms with Gasteiger partial charge in [0, 0.05) is 25.1 Å². The third-order valence-corrected chi connectivity index (χ3v) is 5.27. The summed E-state index contributed by atoms with van der Waals surface area (Å²) < 4.78 is 12.5. The summed E-state index contributed by atoms with van der Waals surface area (Å²) in [4.78, 5) is 42.2. The maximum atomic E-state index is 12.9. The van der Waals surface area contributed by atoms with Crippen molar-refractivity contribution in [3.05, 3.63) is 80.8 Å². The molecule has 0 unspecified atom stereocenters. The number of rotatable bonds is 8. The van der Waals surface area contributed by atoms with E-state index in [0.29, 0.717) is 17.1 Å². The van der Waals surface area contributed by atoms with Crippen LogP contribution in [0, 0.1) is 6.92 Å². The molecule has 1 N–H and O–H groups in total. The van der Waals surface area contributed by atoms with Crippen LogP contribution >= 0.6 is 0 Å². The lowest BCUT2D eigenvalue weighted by atomic mass is 10.2. The summed E-state index contributed by atoms with van der Waals surface area (Å²) in [6.45, 7) is 3.76. The van der Waals surface area contributed by atoms with Gasteiger partial charge in [-0.2, -0.15) is 14.8 Å². The number of hydrogen-bond acceptors (Lipinski definition) is 8. The molecule has 0 saturated carbocycles. The van der Waals surface area contributed by atoms with Crippen LogP contribution in [0.25, 0.3) is 17.2 Å². The van der Waals surface area contributed by atoms with Gasteiger partial charge in [-0.15, -0.1) is 0 Å². The largest absolute Gasteiger partial charge is 0.497 e. The topological polar surface area (TPSA) is 134 Å². The lowest BCUT2D eigenvalue weighted by Gasteiger charge is -2.09. The lowest BCUT2D eigenvalue weighted by Crippen LogP contribution is -2.41. The van der Waals surface area contributed by atoms with E-state index in [0.717, 1.165) is 14.8 Å². The summed E-state index contributed by atoms with van der Waals surface area (Å²) in [6, 6.07) is 14.1. The first kappa shape index (κ1) is 23.6. The first-order valence-electron chi connectivity index (χ1n) is 11.0. The molecule has 35 heavy (non-hydrogen) atoms. The van der Waals surface area contributed by atoms with Gasteiger partial charge in [-0.05, 0) is 50.2 Å². The van der Waals surface area contributed by atoms with Crippen LogP contribution in [-0.4, -0.2) is 37.5 Å². The zero-order chi connectivity index (χ0) is 24.9. The average molecular weight is 476 g/mol. The monoisotopic (exact) mass is 476 g/mol. The van der Waals surface area contributed by atoms with Crippen LogP contribution in [0.15, 0.2) is 62.6 Å². The second kappa shape index (κ2) is 10.2. The molecule has 0 saturated heterocycles. The number of hydrogen-bond donors (Lipinski definition) is 1. The van der Waals surface area contributed by atoms with Gasteiger partial charge >= 0.3 is 5.69 Å². The number of nitrogens with zero attached hydrogens (tertiary/aromatic N) is 5. The number of ether oxygens (including phenoxy) is 1. The molecule has 1 amide bonds. The van der Waals surface area contributed by atoms with Crippen molar-refractivity contribution in [1.29, 1.82) is 0 Å². The molecule has 4 aromatic rings. The Bertz CT molecular complexity index is 1450. The van der Waals surface area contributed by atoms with Crippen molar-refractivity contribution in [2.24, 2.45) is 0 Å². The van der Waals surface area contributed by atoms with Crippen molar-refractivity contribution in [2.45, 2.75) is 33.2 Å². The van der Waals surface area contributed by atoms with E-state index in [9.17, 15) is 14.4 Å². The molecule has 0 spiro atoms. The van der Waals surface area contributed by atoms with Crippen LogP contribution in [0.2, 0.25) is 0 Å². The molecule has 2 aromatic heterocycles. The van der Waals surface area contributed by atoms with Crippen molar-refractivity contribution < 1.29 is 14.1 Å². The summed E-state index contributed by atoms with van der Waals surface area (Å²) in [6.07, 6.45) is 0.248. The summed E-state index contributed by atoms with van der Waals surface area (Å²) in [5.41, 5.74) is 0.844. The maximum Gasteiger partial charge on any atom is 0.352 e. The Morgan fingerprint density at radius 1 is 1.09 bits per heavy atom. The number of aryl methyl sites for hydroxylation is 2. The molecule has 11 nitrogen and oxygen atoms in total. The minimum atomic E-state index is -0.620. The third kappa shape index (κ3) is 5.18. The van der Waals surface area contributed by atoms with Crippen molar-refractivity contribution in [2.75, 3.05) is 12.4 Å². The summed E-state index contributed by atoms with van der Waals surface area (Å²) in [7, 11) is 1.57. The number of amides is 1. The van der Waals surface area contributed by atoms with Gasteiger partial charge < -0.3 is 14.6 Å². The van der Waals surface area contributed by atoms with Crippen LogP contribution in [0.3, 0.4) is 0 Å². The maximum absolute atomic E-state index is 12.9. The highest BCUT2D eigenvalue weighted by atomic mass is 16.5. The minimum absolute atomic E-state index is 0.0522. The van der Waals surface area contributed by atoms with Crippen LogP contribution < -0.4 is 21.3 Å². The van der Waals surface area contributed by atoms with Crippen LogP contribution in [0.4, 0.5) is 5.69 Å². The smallest absolute Gasteiger partial charge is 0.352 e. The van der Waals surface area contributed by atoms with E-state index in [1.807, 2.05) is 19.1 Å². The predicted octanol–water partition coefficient (Wildman–Crippen LogP) is 2.35. The highest BCUT2D eigenvalue weighted by Crippen LogP contribution is 2.16. The average Bonchev–Trinajstić information content (AvgIpc) is 3.33. The molecule has 180 valence electrons. The van der Waals surface area contributed by atoms with E-state index in [1.165, 1.54) is 0 Å². The Labute approximate surface area is 200 Å². The zero-order valence-corrected chi connectivity index (χ0v) is 19.5. The number of nitrogens with one attached hydrogen (secondary N) is 1. The van der Waals surface area contributed by atoms with E-state index in [-0.39, 0.29) is 42.7 Å². The molecule has 11 heteroatoms. The Hall–Kier alpha value is -4.54. The Morgan fingerprint density at radius 2 is 1.80 bits per heavy atom. The van der Waals surface area contributed by atoms with E-state index in [4.69, 9.17) is 9.26 Å². The molecule has 0 aliphatic heterocycles. The van der Waals surface area contributed by atoms with Crippen molar-refractivity contribution in [3.8, 4) is 23.0 Å². The van der Waals surface area contributed by atoms with Gasteiger partial charge in [-0.25, -0.2) is 4.79 Å². The fourth-order valence-electron chi connectivity index (χ4n) is 3.36. The van der Waals surface area contributed by atoms with Gasteiger partial charge in [0.1, 0.15) is 5.75 Å². The van der Waals surface area contributed by atoms with Crippen LogP contribution in [0.5, 0.6) is 5.75 Å². The summed E-state index contributed by atoms with van der Waals surface area (Å²) in [5.74, 6) is 0.561. The standard InChI is InChI=1S/C24H24N6O5/c1-4-29-23(32)21(27-30(24(29)33)17-9-5-15(2)6-10-17)22-26-20(35-28-22)14-13-19(31)25-16-7-11-18(34-3)12-8-16/h5-12H,4,13-14H2,1-3H3,(H,25,31). The Balaban J connectivity index is 1.53. The molecular weight excluding hydrogens is 452 g/mol. The van der Waals surface area contributed by atoms with Crippen molar-refractivity contribution in [1.82, 2.24) is 24.5 Å². The van der Waals surface area contributed by atoms with E-state index < -0.39 is 11.2 Å². The number of methoxy groups -OCH3 is 1. The second-order valence-corrected chi connectivity index (χ2v) is 7.72. The van der Waals surface area contributed by atoms with E-state index >= 15 is 0 Å². The molecule has 0 radical (unpaired) electrons. The molecule has 2 aromatic carbocycles. The molecule has 4 rings (SSSR count). The molecule has 0 aliphatic carbocycles. The van der Waals surface area contributed by atoms with Gasteiger partial charge in [0.25, 0.3) is 5.56 Å². The van der Waals surface area contributed by atoms with Crippen molar-refractivity contribution >= 4 is 11.6 Å². The SMILES string of the molecule is CCn1c(=O)c(-c2noc(CCC(=O)Nc3ccc(OC)cc3)n2)nn(-c2ccc(C)cc2)c1=O. The number of carbonyl (C=O) groups excluding carboxylic acids is 1. The molecule has 0 fully saturated rings. The molecular formula is C24H24N6O5. The quantitative estimate of drug-likeness (QED) is 0.410. The highest BCUT2D eigenvalue weighted by molar-refractivity contribution is 5.90. The van der Waals surface area contributed by atoms with Gasteiger partial charge in [0.15, 0.2) is 5.69 Å². The molecule has 2 heterocycles. The first-order valence-corrected chi connectivity index (χ1v) is 11.0. The minimum Gasteiger partial charge on any atom is -0.497 e. The lowest BCUT2D eigenvalue weighted by molar-refractivity contribution is -0.116. The van der Waals surface area contributed by atoms with Gasteiger partial charge in [-0.3, -0.25) is 14.2 Å². The number of aromatic nitrogens is 5. The van der Waals surface area contributed by atoms with Crippen molar-refractivity contribution in [3.63, 3.8) is 0 Å².